The van der Waals surface area contributed by atoms with Gasteiger partial charge in [-0.15, -0.1) is 0 Å². The lowest BCUT2D eigenvalue weighted by Crippen LogP contribution is -2.40. The summed E-state index contributed by atoms with van der Waals surface area (Å²) in [6, 6.07) is 1.48. The van der Waals surface area contributed by atoms with Crippen LogP contribution >= 0.6 is 0 Å². The molecule has 0 aliphatic carbocycles. The van der Waals surface area contributed by atoms with Crippen molar-refractivity contribution in [3.8, 4) is 0 Å². The smallest absolute Gasteiger partial charge is 0.0617 e. The zero-order valence-corrected chi connectivity index (χ0v) is 12.8. The summed E-state index contributed by atoms with van der Waals surface area (Å²) in [7, 11) is 0. The Morgan fingerprint density at radius 3 is 2.50 bits per heavy atom. The average molecular weight is 256 g/mol. The molecule has 1 fully saturated rings. The van der Waals surface area contributed by atoms with Crippen molar-refractivity contribution in [3.63, 3.8) is 0 Å². The molecule has 0 spiro atoms. The van der Waals surface area contributed by atoms with Crippen molar-refractivity contribution in [2.75, 3.05) is 6.54 Å². The molecule has 1 rings (SSSR count). The van der Waals surface area contributed by atoms with Crippen molar-refractivity contribution in [1.29, 1.82) is 0 Å². The lowest BCUT2D eigenvalue weighted by atomic mass is 9.87. The predicted molar refractivity (Wildman–Crippen MR) is 77.5 cm³/mol. The molecule has 0 aromatic carbocycles. The number of aliphatic hydroxyl groups is 1. The van der Waals surface area contributed by atoms with Gasteiger partial charge in [0.1, 0.15) is 0 Å². The highest BCUT2D eigenvalue weighted by Gasteiger charge is 2.35. The number of hydrogen-bond acceptors (Lipinski definition) is 3. The fourth-order valence-electron chi connectivity index (χ4n) is 2.99. The Kier molecular flexibility index (Phi) is 5.63. The average Bonchev–Trinajstić information content (AvgIpc) is 2.68. The fraction of sp³-hybridized carbons (Fsp3) is 1.00. The van der Waals surface area contributed by atoms with Gasteiger partial charge in [-0.2, -0.15) is 0 Å². The maximum atomic E-state index is 10.1. The van der Waals surface area contributed by atoms with Crippen LogP contribution in [0.4, 0.5) is 0 Å². The Balaban J connectivity index is 2.52. The molecule has 3 unspecified atom stereocenters. The van der Waals surface area contributed by atoms with Crippen molar-refractivity contribution >= 4 is 0 Å². The summed E-state index contributed by atoms with van der Waals surface area (Å²) in [4.78, 5) is 2.54. The van der Waals surface area contributed by atoms with E-state index in [-0.39, 0.29) is 0 Å². The molecule has 0 bridgehead atoms. The van der Waals surface area contributed by atoms with Crippen molar-refractivity contribution in [1.82, 2.24) is 4.90 Å². The van der Waals surface area contributed by atoms with Crippen molar-refractivity contribution in [2.45, 2.75) is 84.0 Å². The van der Waals surface area contributed by atoms with E-state index >= 15 is 0 Å². The van der Waals surface area contributed by atoms with E-state index in [0.717, 1.165) is 32.2 Å². The van der Waals surface area contributed by atoms with Gasteiger partial charge < -0.3 is 10.8 Å². The first-order chi connectivity index (χ1) is 8.26. The maximum absolute atomic E-state index is 10.1. The van der Waals surface area contributed by atoms with Crippen LogP contribution in [0.2, 0.25) is 0 Å². The quantitative estimate of drug-likeness (QED) is 0.767. The second kappa shape index (κ2) is 6.36. The molecule has 1 heterocycles. The van der Waals surface area contributed by atoms with E-state index in [1.165, 1.54) is 0 Å². The SMILES string of the molecule is CCC(C)(O)CCC(C)C1C[C@H](N)CN1C(C)C. The molecule has 3 nitrogen and oxygen atoms in total. The van der Waals surface area contributed by atoms with Crippen LogP contribution in [0.5, 0.6) is 0 Å². The predicted octanol–water partition coefficient (Wildman–Crippen LogP) is 2.37. The minimum Gasteiger partial charge on any atom is -0.390 e. The van der Waals surface area contributed by atoms with Gasteiger partial charge in [0.25, 0.3) is 0 Å². The first-order valence-corrected chi connectivity index (χ1v) is 7.50. The molecule has 18 heavy (non-hydrogen) atoms. The molecule has 0 radical (unpaired) electrons. The van der Waals surface area contributed by atoms with E-state index in [1.54, 1.807) is 0 Å². The van der Waals surface area contributed by atoms with Crippen LogP contribution in [0.1, 0.15) is 60.3 Å². The first-order valence-electron chi connectivity index (χ1n) is 7.50. The monoisotopic (exact) mass is 256 g/mol. The molecule has 3 N–H and O–H groups in total. The molecule has 3 heteroatoms. The molecular weight excluding hydrogens is 224 g/mol. The molecular formula is C15H32N2O. The van der Waals surface area contributed by atoms with Crippen molar-refractivity contribution < 1.29 is 5.11 Å². The molecule has 1 aliphatic rings. The summed E-state index contributed by atoms with van der Waals surface area (Å²) in [5, 5.41) is 10.1. The molecule has 4 atom stereocenters. The van der Waals surface area contributed by atoms with E-state index in [0.29, 0.717) is 24.0 Å². The van der Waals surface area contributed by atoms with Gasteiger partial charge in [0.05, 0.1) is 5.60 Å². The van der Waals surface area contributed by atoms with Crippen LogP contribution in [0.25, 0.3) is 0 Å². The Morgan fingerprint density at radius 2 is 2.00 bits per heavy atom. The summed E-state index contributed by atoms with van der Waals surface area (Å²) in [6.45, 7) is 11.8. The van der Waals surface area contributed by atoms with Gasteiger partial charge in [-0.25, -0.2) is 0 Å². The highest BCUT2D eigenvalue weighted by molar-refractivity contribution is 4.92. The lowest BCUT2D eigenvalue weighted by Gasteiger charge is -2.33. The number of nitrogens with two attached hydrogens (primary N) is 1. The normalized spacial score (nSPS) is 30.7. The molecule has 0 aromatic heterocycles. The van der Waals surface area contributed by atoms with Crippen LogP contribution in [0.3, 0.4) is 0 Å². The van der Waals surface area contributed by atoms with Gasteiger partial charge in [0, 0.05) is 24.7 Å². The summed E-state index contributed by atoms with van der Waals surface area (Å²) >= 11 is 0. The zero-order valence-electron chi connectivity index (χ0n) is 12.8. The molecule has 1 saturated heterocycles. The third-order valence-corrected chi connectivity index (χ3v) is 4.64. The van der Waals surface area contributed by atoms with Gasteiger partial charge in [-0.3, -0.25) is 4.90 Å². The lowest BCUT2D eigenvalue weighted by molar-refractivity contribution is 0.0351. The molecule has 0 aromatic rings. The minimum absolute atomic E-state index is 0.325. The largest absolute Gasteiger partial charge is 0.390 e. The van der Waals surface area contributed by atoms with Gasteiger partial charge in [0.15, 0.2) is 0 Å². The van der Waals surface area contributed by atoms with Crippen molar-refractivity contribution in [3.05, 3.63) is 0 Å². The minimum atomic E-state index is -0.502. The second-order valence-electron chi connectivity index (χ2n) is 6.72. The number of nitrogens with zero attached hydrogens (tertiary/aromatic N) is 1. The standard InChI is InChI=1S/C15H32N2O/c1-6-15(5,18)8-7-12(4)14-9-13(16)10-17(14)11(2)3/h11-14,18H,6-10,16H2,1-5H3/t12?,13-,14?,15?/m0/s1. The van der Waals surface area contributed by atoms with Gasteiger partial charge in [0.2, 0.25) is 0 Å². The molecule has 108 valence electrons. The summed E-state index contributed by atoms with van der Waals surface area (Å²) in [5.41, 5.74) is 5.61. The zero-order chi connectivity index (χ0) is 13.9. The van der Waals surface area contributed by atoms with Crippen LogP contribution < -0.4 is 5.73 Å². The second-order valence-corrected chi connectivity index (χ2v) is 6.72. The summed E-state index contributed by atoms with van der Waals surface area (Å²) in [5.74, 6) is 0.610. The van der Waals surface area contributed by atoms with E-state index in [9.17, 15) is 5.11 Å². The van der Waals surface area contributed by atoms with Crippen LogP contribution in [-0.4, -0.2) is 40.3 Å². The van der Waals surface area contributed by atoms with E-state index < -0.39 is 5.60 Å². The Bertz CT molecular complexity index is 253. The van der Waals surface area contributed by atoms with Crippen LogP contribution in [0.15, 0.2) is 0 Å². The number of likely N-dealkylation sites (tertiary alicyclic amines) is 1. The fourth-order valence-corrected chi connectivity index (χ4v) is 2.99. The van der Waals surface area contributed by atoms with Gasteiger partial charge in [-0.05, 0) is 52.4 Å². The first kappa shape index (κ1) is 15.9. The molecule has 0 amide bonds. The van der Waals surface area contributed by atoms with Gasteiger partial charge >= 0.3 is 0 Å². The Morgan fingerprint density at radius 1 is 1.39 bits per heavy atom. The summed E-state index contributed by atoms with van der Waals surface area (Å²) < 4.78 is 0. The third kappa shape index (κ3) is 4.22. The highest BCUT2D eigenvalue weighted by atomic mass is 16.3. The third-order valence-electron chi connectivity index (χ3n) is 4.64. The topological polar surface area (TPSA) is 49.5 Å². The number of hydrogen-bond donors (Lipinski definition) is 2. The Labute approximate surface area is 113 Å². The maximum Gasteiger partial charge on any atom is 0.0617 e. The van der Waals surface area contributed by atoms with Crippen LogP contribution in [-0.2, 0) is 0 Å². The van der Waals surface area contributed by atoms with Crippen LogP contribution in [0, 0.1) is 5.92 Å². The molecule has 1 aliphatic heterocycles. The van der Waals surface area contributed by atoms with Crippen molar-refractivity contribution in [2.24, 2.45) is 11.7 Å². The molecule has 0 saturated carbocycles. The van der Waals surface area contributed by atoms with Gasteiger partial charge in [-0.1, -0.05) is 13.8 Å². The summed E-state index contributed by atoms with van der Waals surface area (Å²) in [6.07, 6.45) is 3.91. The van der Waals surface area contributed by atoms with E-state index in [2.05, 4.69) is 32.6 Å². The highest BCUT2D eigenvalue weighted by Crippen LogP contribution is 2.30. The van der Waals surface area contributed by atoms with E-state index in [1.807, 2.05) is 6.92 Å². The number of rotatable bonds is 6. The Hall–Kier alpha value is -0.120. The van der Waals surface area contributed by atoms with E-state index in [4.69, 9.17) is 5.73 Å².